The zero-order chi connectivity index (χ0) is 24.7. The van der Waals surface area contributed by atoms with Gasteiger partial charge in [-0.25, -0.2) is 4.39 Å². The Kier molecular flexibility index (Phi) is 9.36. The molecule has 1 atom stereocenters. The number of hydrogen-bond donors (Lipinski definition) is 2. The Hall–Kier alpha value is -2.58. The van der Waals surface area contributed by atoms with Crippen LogP contribution >= 0.6 is 11.5 Å². The molecule has 2 heterocycles. The maximum Gasteiger partial charge on any atom is 0.260 e. The van der Waals surface area contributed by atoms with Crippen LogP contribution in [-0.4, -0.2) is 27.7 Å². The lowest BCUT2D eigenvalue weighted by Gasteiger charge is -2.26. The van der Waals surface area contributed by atoms with Crippen molar-refractivity contribution in [2.45, 2.75) is 78.3 Å². The largest absolute Gasteiger partial charge is 0.332 e. The number of allylic oxidation sites excluding steroid dienone is 4. The van der Waals surface area contributed by atoms with Crippen LogP contribution < -0.4 is 15.8 Å². The highest BCUT2D eigenvalue weighted by atomic mass is 32.1. The van der Waals surface area contributed by atoms with Crippen LogP contribution in [-0.2, 0) is 4.79 Å². The summed E-state index contributed by atoms with van der Waals surface area (Å²) in [5.74, 6) is -0.367. The SMILES string of the molecule is CCCCCNC(C)c1cncc(C(/C=C(\CC(C)=O)N(c2cc(=O)[nH]s2)C2CC2)=C(/C)F)c1. The zero-order valence-corrected chi connectivity index (χ0v) is 21.3. The predicted molar refractivity (Wildman–Crippen MR) is 138 cm³/mol. The number of aromatic amines is 1. The van der Waals surface area contributed by atoms with Crippen molar-refractivity contribution in [2.75, 3.05) is 11.4 Å². The Labute approximate surface area is 205 Å². The first-order valence-electron chi connectivity index (χ1n) is 12.0. The van der Waals surface area contributed by atoms with Crippen molar-refractivity contribution >= 4 is 27.9 Å². The first-order chi connectivity index (χ1) is 16.3. The first kappa shape index (κ1) is 26.0. The predicted octanol–water partition coefficient (Wildman–Crippen LogP) is 5.90. The maximum atomic E-state index is 14.9. The molecule has 1 saturated carbocycles. The molecule has 0 spiro atoms. The summed E-state index contributed by atoms with van der Waals surface area (Å²) < 4.78 is 17.6. The van der Waals surface area contributed by atoms with Gasteiger partial charge in [-0.15, -0.1) is 0 Å². The zero-order valence-electron chi connectivity index (χ0n) is 20.5. The fourth-order valence-corrected chi connectivity index (χ4v) is 4.74. The molecule has 2 aromatic rings. The van der Waals surface area contributed by atoms with E-state index in [2.05, 4.69) is 28.5 Å². The summed E-state index contributed by atoms with van der Waals surface area (Å²) in [5, 5.41) is 4.25. The molecule has 1 fully saturated rings. The van der Waals surface area contributed by atoms with Gasteiger partial charge in [0.15, 0.2) is 0 Å². The molecule has 1 aliphatic rings. The van der Waals surface area contributed by atoms with Crippen LogP contribution in [0.5, 0.6) is 0 Å². The molecular weight excluding hydrogens is 451 g/mol. The average molecular weight is 487 g/mol. The fourth-order valence-electron chi connectivity index (χ4n) is 3.94. The van der Waals surface area contributed by atoms with Crippen LogP contribution in [0.1, 0.15) is 83.4 Å². The van der Waals surface area contributed by atoms with Gasteiger partial charge in [-0.05, 0) is 75.8 Å². The van der Waals surface area contributed by atoms with E-state index in [1.165, 1.54) is 44.3 Å². The van der Waals surface area contributed by atoms with Crippen molar-refractivity contribution in [3.8, 4) is 0 Å². The van der Waals surface area contributed by atoms with E-state index in [1.54, 1.807) is 18.5 Å². The number of ketones is 1. The third-order valence-corrected chi connectivity index (χ3v) is 6.71. The molecule has 184 valence electrons. The number of hydrogen-bond acceptors (Lipinski definition) is 6. The number of anilines is 1. The lowest BCUT2D eigenvalue weighted by Crippen LogP contribution is -2.25. The Morgan fingerprint density at radius 2 is 2.09 bits per heavy atom. The van der Waals surface area contributed by atoms with Crippen LogP contribution in [0.25, 0.3) is 5.57 Å². The number of unbranched alkanes of at least 4 members (excludes halogenated alkanes) is 2. The Morgan fingerprint density at radius 3 is 2.68 bits per heavy atom. The molecule has 0 aromatic carbocycles. The summed E-state index contributed by atoms with van der Waals surface area (Å²) >= 11 is 1.24. The Bertz CT molecular complexity index is 1100. The van der Waals surface area contributed by atoms with Gasteiger partial charge in [0.1, 0.15) is 16.6 Å². The smallest absolute Gasteiger partial charge is 0.260 e. The number of carbonyl (C=O) groups excluding carboxylic acids is 1. The highest BCUT2D eigenvalue weighted by Gasteiger charge is 2.33. The molecule has 8 heteroatoms. The van der Waals surface area contributed by atoms with Crippen molar-refractivity contribution in [1.82, 2.24) is 14.7 Å². The van der Waals surface area contributed by atoms with E-state index in [0.717, 1.165) is 36.4 Å². The van der Waals surface area contributed by atoms with Crippen LogP contribution in [0.2, 0.25) is 0 Å². The maximum absolute atomic E-state index is 14.9. The lowest BCUT2D eigenvalue weighted by molar-refractivity contribution is -0.116. The molecule has 0 bridgehead atoms. The van der Waals surface area contributed by atoms with E-state index in [0.29, 0.717) is 16.8 Å². The normalized spacial score (nSPS) is 15.7. The van der Waals surface area contributed by atoms with Crippen LogP contribution in [0, 0.1) is 0 Å². The van der Waals surface area contributed by atoms with Crippen molar-refractivity contribution in [1.29, 1.82) is 0 Å². The van der Waals surface area contributed by atoms with E-state index >= 15 is 0 Å². The number of carbonyl (C=O) groups is 1. The van der Waals surface area contributed by atoms with Gasteiger partial charge in [0.25, 0.3) is 5.56 Å². The average Bonchev–Trinajstić information content (AvgIpc) is 3.54. The molecule has 0 amide bonds. The molecule has 0 aliphatic heterocycles. The summed E-state index contributed by atoms with van der Waals surface area (Å²) in [6, 6.07) is 3.79. The number of nitrogens with one attached hydrogen (secondary N) is 2. The minimum Gasteiger partial charge on any atom is -0.332 e. The second kappa shape index (κ2) is 12.2. The molecule has 2 N–H and O–H groups in total. The van der Waals surface area contributed by atoms with Gasteiger partial charge < -0.3 is 10.2 Å². The fraction of sp³-hybridized carbons (Fsp3) is 0.500. The number of nitrogens with zero attached hydrogens (tertiary/aromatic N) is 2. The molecule has 1 aliphatic carbocycles. The summed E-state index contributed by atoms with van der Waals surface area (Å²) in [6.07, 6.45) is 10.8. The molecule has 2 aromatic heterocycles. The van der Waals surface area contributed by atoms with Crippen LogP contribution in [0.3, 0.4) is 0 Å². The molecule has 6 nitrogen and oxygen atoms in total. The minimum atomic E-state index is -0.346. The van der Waals surface area contributed by atoms with Gasteiger partial charge >= 0.3 is 0 Å². The van der Waals surface area contributed by atoms with Gasteiger partial charge in [0.05, 0.1) is 0 Å². The standard InChI is InChI=1S/C26H35FN4O2S/c1-5-6-7-10-29-19(4)20-12-21(16-28-15-20)24(18(3)27)13-23(11-17(2)32)31(22-8-9-22)26-14-25(33)30-34-26/h12-16,19,22,29H,5-11H2,1-4H3,(H,30,33)/b23-13+,24-18-. The van der Waals surface area contributed by atoms with Gasteiger partial charge in [-0.3, -0.25) is 18.9 Å². The third kappa shape index (κ3) is 7.21. The summed E-state index contributed by atoms with van der Waals surface area (Å²) in [6.45, 7) is 8.13. The van der Waals surface area contributed by atoms with Crippen LogP contribution in [0.15, 0.2) is 46.9 Å². The van der Waals surface area contributed by atoms with Gasteiger partial charge in [0.2, 0.25) is 0 Å². The van der Waals surface area contributed by atoms with E-state index in [4.69, 9.17) is 0 Å². The second-order valence-corrected chi connectivity index (χ2v) is 9.83. The van der Waals surface area contributed by atoms with Crippen molar-refractivity contribution in [2.24, 2.45) is 0 Å². The summed E-state index contributed by atoms with van der Waals surface area (Å²) in [7, 11) is 0. The van der Waals surface area contributed by atoms with Crippen molar-refractivity contribution in [3.05, 3.63) is 63.6 Å². The van der Waals surface area contributed by atoms with Crippen molar-refractivity contribution in [3.63, 3.8) is 0 Å². The van der Waals surface area contributed by atoms with E-state index < -0.39 is 0 Å². The summed E-state index contributed by atoms with van der Waals surface area (Å²) in [4.78, 5) is 30.4. The molecule has 34 heavy (non-hydrogen) atoms. The number of aromatic nitrogens is 2. The van der Waals surface area contributed by atoms with Crippen LogP contribution in [0.4, 0.5) is 9.39 Å². The minimum absolute atomic E-state index is 0.0209. The van der Waals surface area contributed by atoms with E-state index in [9.17, 15) is 14.0 Å². The quantitative estimate of drug-likeness (QED) is 0.272. The molecule has 0 radical (unpaired) electrons. The van der Waals surface area contributed by atoms with Gasteiger partial charge in [-0.1, -0.05) is 19.8 Å². The molecular formula is C26H35FN4O2S. The van der Waals surface area contributed by atoms with E-state index in [-0.39, 0.29) is 35.7 Å². The Balaban J connectivity index is 1.95. The lowest BCUT2D eigenvalue weighted by atomic mass is 10.0. The number of halogens is 1. The Morgan fingerprint density at radius 1 is 1.32 bits per heavy atom. The molecule has 1 unspecified atom stereocenters. The topological polar surface area (TPSA) is 78.1 Å². The molecule has 3 rings (SSSR count). The third-order valence-electron chi connectivity index (χ3n) is 5.88. The number of Topliss-reactive ketones (excluding diaryl/α,β-unsaturated/α-hetero) is 1. The van der Waals surface area contributed by atoms with Gasteiger partial charge in [0, 0.05) is 53.8 Å². The highest BCUT2D eigenvalue weighted by molar-refractivity contribution is 7.10. The number of H-pyrrole nitrogens is 1. The highest BCUT2D eigenvalue weighted by Crippen LogP contribution is 2.38. The number of rotatable bonds is 13. The van der Waals surface area contributed by atoms with Gasteiger partial charge in [-0.2, -0.15) is 0 Å². The van der Waals surface area contributed by atoms with E-state index in [1.807, 2.05) is 11.0 Å². The molecule has 0 saturated heterocycles. The van der Waals surface area contributed by atoms with Crippen molar-refractivity contribution < 1.29 is 9.18 Å². The summed E-state index contributed by atoms with van der Waals surface area (Å²) in [5.41, 5.74) is 2.56. The first-order valence-corrected chi connectivity index (χ1v) is 12.8. The second-order valence-electron chi connectivity index (χ2n) is 9.00. The number of pyridine rings is 1. The monoisotopic (exact) mass is 486 g/mol.